The molecule has 1 nitrogen and oxygen atoms in total. The summed E-state index contributed by atoms with van der Waals surface area (Å²) in [5.74, 6) is 0. The van der Waals surface area contributed by atoms with Gasteiger partial charge in [0.15, 0.2) is 0 Å². The van der Waals surface area contributed by atoms with E-state index in [2.05, 4.69) is 158 Å². The third-order valence-corrected chi connectivity index (χ3v) is 10.6. The van der Waals surface area contributed by atoms with Crippen molar-refractivity contribution in [2.24, 2.45) is 0 Å². The van der Waals surface area contributed by atoms with Crippen LogP contribution in [0, 0.1) is 0 Å². The fourth-order valence-corrected chi connectivity index (χ4v) is 8.53. The monoisotopic (exact) mass is 602 g/mol. The van der Waals surface area contributed by atoms with Gasteiger partial charge in [0.2, 0.25) is 0 Å². The molecular weight excluding hydrogens is 577 g/mol. The summed E-state index contributed by atoms with van der Waals surface area (Å²) in [7, 11) is 0. The number of para-hydroxylation sites is 1. The first kappa shape index (κ1) is 25.6. The third-order valence-electron chi connectivity index (χ3n) is 9.44. The topological polar surface area (TPSA) is 13.1 Å². The molecule has 214 valence electrons. The number of furan rings is 1. The second kappa shape index (κ2) is 9.90. The predicted molar refractivity (Wildman–Crippen MR) is 198 cm³/mol. The highest BCUT2D eigenvalue weighted by Crippen LogP contribution is 2.49. The summed E-state index contributed by atoms with van der Waals surface area (Å²) >= 11 is 1.87. The maximum atomic E-state index is 6.84. The molecule has 10 rings (SSSR count). The lowest BCUT2D eigenvalue weighted by atomic mass is 9.87. The highest BCUT2D eigenvalue weighted by molar-refractivity contribution is 7.26. The number of hydrogen-bond acceptors (Lipinski definition) is 2. The Morgan fingerprint density at radius 3 is 1.96 bits per heavy atom. The van der Waals surface area contributed by atoms with E-state index in [0.717, 1.165) is 27.7 Å². The maximum Gasteiger partial charge on any atom is 0.144 e. The fraction of sp³-hybridized carbons (Fsp3) is 0. The molecule has 2 heterocycles. The Kier molecular flexibility index (Phi) is 5.51. The van der Waals surface area contributed by atoms with Crippen molar-refractivity contribution in [1.82, 2.24) is 0 Å². The molecule has 0 unspecified atom stereocenters. The van der Waals surface area contributed by atoms with Gasteiger partial charge in [0.25, 0.3) is 0 Å². The highest BCUT2D eigenvalue weighted by atomic mass is 32.1. The van der Waals surface area contributed by atoms with E-state index in [0.29, 0.717) is 0 Å². The Hall–Kier alpha value is -5.70. The maximum absolute atomic E-state index is 6.84. The second-order valence-electron chi connectivity index (χ2n) is 12.0. The molecule has 0 aliphatic heterocycles. The first-order valence-corrected chi connectivity index (χ1v) is 16.5. The van der Waals surface area contributed by atoms with Crippen molar-refractivity contribution in [2.75, 3.05) is 0 Å². The highest BCUT2D eigenvalue weighted by Gasteiger charge is 2.23. The lowest BCUT2D eigenvalue weighted by molar-refractivity contribution is 0.670. The van der Waals surface area contributed by atoms with Crippen LogP contribution < -0.4 is 0 Å². The van der Waals surface area contributed by atoms with Crippen molar-refractivity contribution in [3.8, 4) is 33.4 Å². The van der Waals surface area contributed by atoms with E-state index in [1.54, 1.807) is 0 Å². The average molecular weight is 603 g/mol. The second-order valence-corrected chi connectivity index (χ2v) is 13.1. The van der Waals surface area contributed by atoms with Gasteiger partial charge in [0.05, 0.1) is 0 Å². The molecule has 0 radical (unpaired) electrons. The third kappa shape index (κ3) is 3.74. The van der Waals surface area contributed by atoms with Crippen LogP contribution in [0.2, 0.25) is 0 Å². The van der Waals surface area contributed by atoms with Gasteiger partial charge in [-0.3, -0.25) is 0 Å². The van der Waals surface area contributed by atoms with Crippen molar-refractivity contribution in [3.05, 3.63) is 158 Å². The predicted octanol–water partition coefficient (Wildman–Crippen LogP) is 13.3. The number of hydrogen-bond donors (Lipinski definition) is 0. The fourth-order valence-electron chi connectivity index (χ4n) is 7.42. The largest absolute Gasteiger partial charge is 0.455 e. The zero-order valence-corrected chi connectivity index (χ0v) is 25.6. The molecule has 2 aromatic heterocycles. The van der Waals surface area contributed by atoms with Crippen molar-refractivity contribution in [3.63, 3.8) is 0 Å². The van der Waals surface area contributed by atoms with Crippen LogP contribution >= 0.6 is 11.3 Å². The minimum atomic E-state index is 0.907. The molecule has 0 amide bonds. The summed E-state index contributed by atoms with van der Waals surface area (Å²) in [4.78, 5) is 0. The molecule has 0 bridgehead atoms. The molecular formula is C44H26OS. The Balaban J connectivity index is 1.33. The van der Waals surface area contributed by atoms with Crippen molar-refractivity contribution < 1.29 is 4.42 Å². The first-order valence-electron chi connectivity index (χ1n) is 15.7. The summed E-state index contributed by atoms with van der Waals surface area (Å²) < 4.78 is 9.45. The minimum Gasteiger partial charge on any atom is -0.455 e. The van der Waals surface area contributed by atoms with Gasteiger partial charge in [-0.15, -0.1) is 11.3 Å². The Morgan fingerprint density at radius 1 is 0.391 bits per heavy atom. The van der Waals surface area contributed by atoms with E-state index in [1.807, 2.05) is 11.3 Å². The summed E-state index contributed by atoms with van der Waals surface area (Å²) in [6, 6.07) is 57.1. The van der Waals surface area contributed by atoms with Gasteiger partial charge in [0.1, 0.15) is 11.2 Å². The van der Waals surface area contributed by atoms with Crippen LogP contribution in [-0.4, -0.2) is 0 Å². The van der Waals surface area contributed by atoms with Gasteiger partial charge in [0, 0.05) is 42.1 Å². The molecule has 0 spiro atoms. The number of fused-ring (bicyclic) bond motifs is 8. The zero-order chi connectivity index (χ0) is 30.2. The van der Waals surface area contributed by atoms with Crippen LogP contribution in [0.1, 0.15) is 0 Å². The van der Waals surface area contributed by atoms with Gasteiger partial charge in [-0.1, -0.05) is 127 Å². The molecule has 10 aromatic rings. The zero-order valence-electron chi connectivity index (χ0n) is 24.8. The van der Waals surface area contributed by atoms with Gasteiger partial charge >= 0.3 is 0 Å². The molecule has 0 N–H and O–H groups in total. The van der Waals surface area contributed by atoms with Crippen molar-refractivity contribution in [2.45, 2.75) is 0 Å². The van der Waals surface area contributed by atoms with Crippen LogP contribution in [0.5, 0.6) is 0 Å². The molecule has 0 aliphatic carbocycles. The standard InChI is InChI=1S/C44H26OS/c1-2-12-28(13-3-1)32-18-10-20-39-42(32)36-26-31(23-24-38(36)46-39)40-33-15-6-7-16-34(33)41(30-22-21-27-11-4-5-14-29(27)25-30)44-43(40)35-17-8-9-19-37(35)45-44/h1-26H. The minimum absolute atomic E-state index is 0.907. The van der Waals surface area contributed by atoms with Gasteiger partial charge in [-0.05, 0) is 74.1 Å². The van der Waals surface area contributed by atoms with E-state index >= 15 is 0 Å². The van der Waals surface area contributed by atoms with Crippen LogP contribution in [-0.2, 0) is 0 Å². The first-order chi connectivity index (χ1) is 22.8. The summed E-state index contributed by atoms with van der Waals surface area (Å²) in [6.45, 7) is 0. The van der Waals surface area contributed by atoms with Crippen LogP contribution in [0.4, 0.5) is 0 Å². The quantitative estimate of drug-likeness (QED) is 0.196. The van der Waals surface area contributed by atoms with Crippen LogP contribution in [0.15, 0.2) is 162 Å². The molecule has 2 heteroatoms. The molecule has 0 saturated heterocycles. The number of thiophene rings is 1. The lowest BCUT2D eigenvalue weighted by Gasteiger charge is -2.15. The van der Waals surface area contributed by atoms with E-state index in [-0.39, 0.29) is 0 Å². The normalized spacial score (nSPS) is 11.9. The Morgan fingerprint density at radius 2 is 1.09 bits per heavy atom. The smallest absolute Gasteiger partial charge is 0.144 e. The van der Waals surface area contributed by atoms with E-state index in [9.17, 15) is 0 Å². The summed E-state index contributed by atoms with van der Waals surface area (Å²) in [5.41, 5.74) is 9.09. The van der Waals surface area contributed by atoms with Gasteiger partial charge in [-0.2, -0.15) is 0 Å². The van der Waals surface area contributed by atoms with Gasteiger partial charge in [-0.25, -0.2) is 0 Å². The van der Waals surface area contributed by atoms with Gasteiger partial charge < -0.3 is 4.42 Å². The average Bonchev–Trinajstić information content (AvgIpc) is 3.69. The van der Waals surface area contributed by atoms with Crippen LogP contribution in [0.3, 0.4) is 0 Å². The lowest BCUT2D eigenvalue weighted by Crippen LogP contribution is -1.89. The van der Waals surface area contributed by atoms with Crippen molar-refractivity contribution >= 4 is 75.0 Å². The molecule has 0 atom stereocenters. The van der Waals surface area contributed by atoms with E-state index in [1.165, 1.54) is 69.4 Å². The molecule has 0 saturated carbocycles. The summed E-state index contributed by atoms with van der Waals surface area (Å²) in [5, 5.41) is 9.80. The molecule has 46 heavy (non-hydrogen) atoms. The Bertz CT molecular complexity index is 2800. The van der Waals surface area contributed by atoms with Crippen molar-refractivity contribution in [1.29, 1.82) is 0 Å². The summed E-state index contributed by atoms with van der Waals surface area (Å²) in [6.07, 6.45) is 0. The molecule has 0 aliphatic rings. The number of rotatable bonds is 3. The molecule has 8 aromatic carbocycles. The van der Waals surface area contributed by atoms with E-state index < -0.39 is 0 Å². The Labute approximate surface area is 269 Å². The SMILES string of the molecule is c1ccc(-c2cccc3sc4ccc(-c5c6ccccc6c(-c6ccc7ccccc7c6)c6oc7ccccc7c56)cc4c23)cc1. The molecule has 0 fully saturated rings. The van der Waals surface area contributed by atoms with E-state index in [4.69, 9.17) is 4.42 Å². The number of benzene rings is 8. The van der Waals surface area contributed by atoms with Crippen LogP contribution in [0.25, 0.3) is 97.0 Å².